The van der Waals surface area contributed by atoms with E-state index < -0.39 is 23.8 Å². The van der Waals surface area contributed by atoms with Gasteiger partial charge in [-0.3, -0.25) is 9.59 Å². The lowest BCUT2D eigenvalue weighted by Gasteiger charge is -2.11. The van der Waals surface area contributed by atoms with Crippen LogP contribution in [0.5, 0.6) is 5.75 Å². The molecule has 0 saturated heterocycles. The van der Waals surface area contributed by atoms with Crippen LogP contribution in [0.4, 0.5) is 5.00 Å². The number of carbonyl (C=O) groups excluding carboxylic acids is 3. The van der Waals surface area contributed by atoms with E-state index in [1.54, 1.807) is 31.4 Å². The van der Waals surface area contributed by atoms with Crippen LogP contribution in [0.1, 0.15) is 38.7 Å². The van der Waals surface area contributed by atoms with E-state index in [0.717, 1.165) is 4.88 Å². The molecule has 31 heavy (non-hydrogen) atoms. The van der Waals surface area contributed by atoms with E-state index in [9.17, 15) is 19.6 Å². The van der Waals surface area contributed by atoms with Crippen LogP contribution in [0.3, 0.4) is 0 Å². The highest BCUT2D eigenvalue weighted by Crippen LogP contribution is 2.46. The van der Waals surface area contributed by atoms with Crippen molar-refractivity contribution in [3.05, 3.63) is 51.4 Å². The fraction of sp³-hybridized carbons (Fsp3) is 0.273. The van der Waals surface area contributed by atoms with Gasteiger partial charge in [0.15, 0.2) is 0 Å². The molecule has 1 atom stereocenters. The molecule has 1 amide bonds. The molecule has 3 rings (SSSR count). The van der Waals surface area contributed by atoms with Gasteiger partial charge in [-0.25, -0.2) is 4.79 Å². The highest BCUT2D eigenvalue weighted by atomic mass is 32.1. The predicted molar refractivity (Wildman–Crippen MR) is 114 cm³/mol. The summed E-state index contributed by atoms with van der Waals surface area (Å²) in [6.07, 6.45) is 2.53. The molecule has 9 heteroatoms. The molecule has 0 bridgehead atoms. The van der Waals surface area contributed by atoms with Crippen LogP contribution in [0.25, 0.3) is 6.08 Å². The van der Waals surface area contributed by atoms with E-state index in [1.165, 1.54) is 31.6 Å². The Hall–Kier alpha value is -3.64. The number of esters is 2. The number of nitriles is 1. The van der Waals surface area contributed by atoms with Crippen molar-refractivity contribution in [3.8, 4) is 11.8 Å². The zero-order valence-electron chi connectivity index (χ0n) is 17.2. The molecule has 2 aromatic rings. The van der Waals surface area contributed by atoms with E-state index in [4.69, 9.17) is 14.2 Å². The molecular weight excluding hydrogens is 420 g/mol. The molecule has 1 aliphatic carbocycles. The Morgan fingerprint density at radius 2 is 1.87 bits per heavy atom. The molecule has 1 aromatic carbocycles. The molecule has 0 saturated carbocycles. The van der Waals surface area contributed by atoms with E-state index >= 15 is 0 Å². The first kappa shape index (κ1) is 22.1. The monoisotopic (exact) mass is 440 g/mol. The third-order valence-electron chi connectivity index (χ3n) is 4.92. The molecule has 0 radical (unpaired) electrons. The Morgan fingerprint density at radius 1 is 1.16 bits per heavy atom. The number of thiophene rings is 1. The van der Waals surface area contributed by atoms with E-state index in [-0.39, 0.29) is 16.1 Å². The molecular formula is C22H20N2O6S. The van der Waals surface area contributed by atoms with Crippen LogP contribution in [0.15, 0.2) is 29.8 Å². The number of ether oxygens (including phenoxy) is 3. The molecule has 1 aliphatic rings. The Bertz CT molecular complexity index is 1090. The van der Waals surface area contributed by atoms with Gasteiger partial charge in [-0.05, 0) is 42.2 Å². The van der Waals surface area contributed by atoms with Crippen molar-refractivity contribution in [1.82, 2.24) is 0 Å². The van der Waals surface area contributed by atoms with Gasteiger partial charge in [0.25, 0.3) is 5.91 Å². The van der Waals surface area contributed by atoms with Gasteiger partial charge < -0.3 is 19.5 Å². The van der Waals surface area contributed by atoms with Crippen LogP contribution >= 0.6 is 11.3 Å². The minimum Gasteiger partial charge on any atom is -0.497 e. The van der Waals surface area contributed by atoms with Crippen molar-refractivity contribution in [3.63, 3.8) is 0 Å². The summed E-state index contributed by atoms with van der Waals surface area (Å²) in [5.41, 5.74) is 1.15. The van der Waals surface area contributed by atoms with Crippen molar-refractivity contribution in [1.29, 1.82) is 5.26 Å². The van der Waals surface area contributed by atoms with Gasteiger partial charge in [-0.1, -0.05) is 12.1 Å². The van der Waals surface area contributed by atoms with Crippen LogP contribution in [-0.4, -0.2) is 39.2 Å². The zero-order chi connectivity index (χ0) is 22.5. The SMILES string of the molecule is COC(=O)c1c(NC(=O)/C(C#N)=C\c2ccc(OC)cc2)sc2c1[C@@H](C(=O)OC)CC2. The number of nitrogens with one attached hydrogen (secondary N) is 1. The third-order valence-corrected chi connectivity index (χ3v) is 6.11. The highest BCUT2D eigenvalue weighted by Gasteiger charge is 2.38. The number of methoxy groups -OCH3 is 3. The quantitative estimate of drug-likeness (QED) is 0.416. The van der Waals surface area contributed by atoms with Crippen LogP contribution in [0.2, 0.25) is 0 Å². The minimum atomic E-state index is -0.669. The molecule has 1 heterocycles. The van der Waals surface area contributed by atoms with E-state index in [1.807, 2.05) is 6.07 Å². The number of amides is 1. The summed E-state index contributed by atoms with van der Waals surface area (Å²) >= 11 is 1.20. The Morgan fingerprint density at radius 3 is 2.45 bits per heavy atom. The minimum absolute atomic E-state index is 0.130. The Kier molecular flexibility index (Phi) is 6.72. The second-order valence-electron chi connectivity index (χ2n) is 6.65. The van der Waals surface area contributed by atoms with Gasteiger partial charge in [0.05, 0.1) is 32.8 Å². The van der Waals surface area contributed by atoms with Crippen LogP contribution in [-0.2, 0) is 25.5 Å². The number of rotatable bonds is 6. The lowest BCUT2D eigenvalue weighted by atomic mass is 9.99. The standard InChI is InChI=1S/C22H20N2O6S/c1-28-14-6-4-12(5-7-14)10-13(11-23)19(25)24-20-18(22(27)30-3)17-15(21(26)29-2)8-9-16(17)31-20/h4-7,10,15H,8-9H2,1-3H3,(H,24,25)/b13-10-/t15-/m0/s1. The lowest BCUT2D eigenvalue weighted by molar-refractivity contribution is -0.142. The van der Waals surface area contributed by atoms with Gasteiger partial charge >= 0.3 is 11.9 Å². The lowest BCUT2D eigenvalue weighted by Crippen LogP contribution is -2.18. The van der Waals surface area contributed by atoms with E-state index in [0.29, 0.717) is 29.7 Å². The molecule has 0 aliphatic heterocycles. The number of aryl methyl sites for hydroxylation is 1. The summed E-state index contributed by atoms with van der Waals surface area (Å²) < 4.78 is 14.8. The summed E-state index contributed by atoms with van der Waals surface area (Å²) in [5, 5.41) is 12.4. The number of benzene rings is 1. The summed E-state index contributed by atoms with van der Waals surface area (Å²) in [7, 11) is 4.06. The summed E-state index contributed by atoms with van der Waals surface area (Å²) in [6.45, 7) is 0. The van der Waals surface area contributed by atoms with Crippen molar-refractivity contribution in [2.75, 3.05) is 26.6 Å². The number of carbonyl (C=O) groups is 3. The van der Waals surface area contributed by atoms with Crippen molar-refractivity contribution >= 4 is 40.3 Å². The van der Waals surface area contributed by atoms with Gasteiger partial charge in [-0.15, -0.1) is 11.3 Å². The van der Waals surface area contributed by atoms with Crippen molar-refractivity contribution < 1.29 is 28.6 Å². The van der Waals surface area contributed by atoms with Gasteiger partial charge in [-0.2, -0.15) is 5.26 Å². The van der Waals surface area contributed by atoms with Gasteiger partial charge in [0, 0.05) is 4.88 Å². The topological polar surface area (TPSA) is 115 Å². The first-order valence-corrected chi connectivity index (χ1v) is 10.1. The third kappa shape index (κ3) is 4.44. The van der Waals surface area contributed by atoms with Crippen molar-refractivity contribution in [2.24, 2.45) is 0 Å². The number of anilines is 1. The normalized spacial score (nSPS) is 14.9. The summed E-state index contributed by atoms with van der Waals surface area (Å²) in [5.74, 6) is -1.73. The predicted octanol–water partition coefficient (Wildman–Crippen LogP) is 3.29. The fourth-order valence-electron chi connectivity index (χ4n) is 3.42. The Balaban J connectivity index is 1.93. The largest absolute Gasteiger partial charge is 0.497 e. The van der Waals surface area contributed by atoms with Crippen LogP contribution < -0.4 is 10.1 Å². The average Bonchev–Trinajstić information content (AvgIpc) is 3.35. The summed E-state index contributed by atoms with van der Waals surface area (Å²) in [4.78, 5) is 38.2. The molecule has 1 aromatic heterocycles. The number of hydrogen-bond donors (Lipinski definition) is 1. The Labute approximate surface area is 183 Å². The second-order valence-corrected chi connectivity index (χ2v) is 7.75. The molecule has 160 valence electrons. The molecule has 8 nitrogen and oxygen atoms in total. The number of hydrogen-bond acceptors (Lipinski definition) is 8. The first-order valence-electron chi connectivity index (χ1n) is 9.32. The first-order chi connectivity index (χ1) is 14.9. The molecule has 1 N–H and O–H groups in total. The molecule has 0 spiro atoms. The molecule has 0 fully saturated rings. The highest BCUT2D eigenvalue weighted by molar-refractivity contribution is 7.17. The summed E-state index contributed by atoms with van der Waals surface area (Å²) in [6, 6.07) is 8.73. The fourth-order valence-corrected chi connectivity index (χ4v) is 4.68. The maximum Gasteiger partial charge on any atom is 0.341 e. The van der Waals surface area contributed by atoms with Crippen molar-refractivity contribution in [2.45, 2.75) is 18.8 Å². The number of fused-ring (bicyclic) bond motifs is 1. The van der Waals surface area contributed by atoms with Gasteiger partial charge in [0.2, 0.25) is 0 Å². The maximum absolute atomic E-state index is 12.8. The van der Waals surface area contributed by atoms with Crippen LogP contribution in [0, 0.1) is 11.3 Å². The average molecular weight is 440 g/mol. The number of nitrogens with zero attached hydrogens (tertiary/aromatic N) is 1. The maximum atomic E-state index is 12.8. The van der Waals surface area contributed by atoms with E-state index in [2.05, 4.69) is 5.32 Å². The smallest absolute Gasteiger partial charge is 0.341 e. The second kappa shape index (κ2) is 9.45. The zero-order valence-corrected chi connectivity index (χ0v) is 18.0. The van der Waals surface area contributed by atoms with Gasteiger partial charge in [0.1, 0.15) is 22.4 Å². The molecule has 0 unspecified atom stereocenters.